The standard InChI is InChI=1S/C8H9NO3S/c1-6(10)7-2-4-8(5-3-7)9-13(11)12/h2-5,9H,1H3,(H,11,12)/p-1. The van der Waals surface area contributed by atoms with Crippen LogP contribution >= 0.6 is 0 Å². The highest BCUT2D eigenvalue weighted by Gasteiger charge is 1.97. The Bertz CT molecular complexity index is 334. The summed E-state index contributed by atoms with van der Waals surface area (Å²) >= 11 is -2.32. The third-order valence-corrected chi connectivity index (χ3v) is 1.89. The van der Waals surface area contributed by atoms with Crippen molar-refractivity contribution < 1.29 is 13.6 Å². The van der Waals surface area contributed by atoms with Crippen LogP contribution in [0.1, 0.15) is 17.3 Å². The maximum Gasteiger partial charge on any atom is 0.159 e. The molecule has 0 amide bonds. The number of hydrogen-bond donors (Lipinski definition) is 1. The molecule has 0 saturated carbocycles. The molecule has 5 heteroatoms. The number of benzene rings is 1. The Kier molecular flexibility index (Phi) is 3.16. The van der Waals surface area contributed by atoms with Crippen LogP contribution in [-0.4, -0.2) is 14.5 Å². The fourth-order valence-corrected chi connectivity index (χ4v) is 1.20. The van der Waals surface area contributed by atoms with Gasteiger partial charge in [-0.2, -0.15) is 0 Å². The number of Topliss-reactive ketones (excluding diaryl/α,β-unsaturated/α-hetero) is 1. The van der Waals surface area contributed by atoms with Crippen LogP contribution in [-0.2, 0) is 11.3 Å². The van der Waals surface area contributed by atoms with Crippen molar-refractivity contribution in [1.82, 2.24) is 0 Å². The molecule has 0 heterocycles. The minimum atomic E-state index is -2.32. The predicted octanol–water partition coefficient (Wildman–Crippen LogP) is 1.10. The molecular weight excluding hydrogens is 190 g/mol. The zero-order chi connectivity index (χ0) is 9.84. The quantitative estimate of drug-likeness (QED) is 0.584. The number of carbonyl (C=O) groups is 1. The van der Waals surface area contributed by atoms with Crippen molar-refractivity contribution in [2.75, 3.05) is 4.72 Å². The molecule has 70 valence electrons. The van der Waals surface area contributed by atoms with E-state index in [1.165, 1.54) is 19.1 Å². The molecule has 1 rings (SSSR count). The molecule has 0 aliphatic rings. The fourth-order valence-electron chi connectivity index (χ4n) is 0.869. The van der Waals surface area contributed by atoms with Gasteiger partial charge in [0.25, 0.3) is 0 Å². The summed E-state index contributed by atoms with van der Waals surface area (Å²) in [5.74, 6) is -0.0465. The molecule has 1 aromatic carbocycles. The zero-order valence-electron chi connectivity index (χ0n) is 6.94. The molecule has 0 saturated heterocycles. The van der Waals surface area contributed by atoms with E-state index in [1.807, 2.05) is 0 Å². The van der Waals surface area contributed by atoms with E-state index >= 15 is 0 Å². The largest absolute Gasteiger partial charge is 0.755 e. The second-order valence-electron chi connectivity index (χ2n) is 2.47. The Morgan fingerprint density at radius 3 is 2.31 bits per heavy atom. The first kappa shape index (κ1) is 9.88. The number of anilines is 1. The molecule has 4 nitrogen and oxygen atoms in total. The summed E-state index contributed by atoms with van der Waals surface area (Å²) in [7, 11) is 0. The molecule has 0 spiro atoms. The normalized spacial score (nSPS) is 12.2. The van der Waals surface area contributed by atoms with E-state index in [1.54, 1.807) is 12.1 Å². The summed E-state index contributed by atoms with van der Waals surface area (Å²) in [5.41, 5.74) is 1.00. The number of hydrogen-bond acceptors (Lipinski definition) is 3. The van der Waals surface area contributed by atoms with Crippen molar-refractivity contribution >= 4 is 22.7 Å². The predicted molar refractivity (Wildman–Crippen MR) is 49.0 cm³/mol. The van der Waals surface area contributed by atoms with Gasteiger partial charge in [-0.05, 0) is 31.2 Å². The molecule has 0 radical (unpaired) electrons. The smallest absolute Gasteiger partial charge is 0.159 e. The Balaban J connectivity index is 2.81. The molecule has 1 N–H and O–H groups in total. The van der Waals surface area contributed by atoms with E-state index in [4.69, 9.17) is 0 Å². The van der Waals surface area contributed by atoms with E-state index in [0.29, 0.717) is 11.3 Å². The number of ketones is 1. The van der Waals surface area contributed by atoms with Crippen LogP contribution in [0.15, 0.2) is 24.3 Å². The molecule has 0 aliphatic carbocycles. The summed E-state index contributed by atoms with van der Waals surface area (Å²) in [5, 5.41) is 0. The van der Waals surface area contributed by atoms with Crippen molar-refractivity contribution in [2.24, 2.45) is 0 Å². The van der Waals surface area contributed by atoms with Gasteiger partial charge in [0.2, 0.25) is 0 Å². The van der Waals surface area contributed by atoms with Gasteiger partial charge in [0.15, 0.2) is 5.78 Å². The highest BCUT2D eigenvalue weighted by atomic mass is 32.2. The topological polar surface area (TPSA) is 69.2 Å². The summed E-state index contributed by atoms with van der Waals surface area (Å²) in [6, 6.07) is 6.20. The highest BCUT2D eigenvalue weighted by molar-refractivity contribution is 7.80. The van der Waals surface area contributed by atoms with Gasteiger partial charge in [-0.3, -0.25) is 9.00 Å². The van der Waals surface area contributed by atoms with Gasteiger partial charge in [-0.1, -0.05) is 0 Å². The zero-order valence-corrected chi connectivity index (χ0v) is 7.76. The van der Waals surface area contributed by atoms with Gasteiger partial charge in [0.05, 0.1) is 0 Å². The monoisotopic (exact) mass is 198 g/mol. The second kappa shape index (κ2) is 4.15. The lowest BCUT2D eigenvalue weighted by Gasteiger charge is -2.08. The van der Waals surface area contributed by atoms with Gasteiger partial charge < -0.3 is 9.27 Å². The second-order valence-corrected chi connectivity index (χ2v) is 3.14. The first-order valence-electron chi connectivity index (χ1n) is 3.56. The molecule has 0 aliphatic heterocycles. The highest BCUT2D eigenvalue weighted by Crippen LogP contribution is 2.09. The van der Waals surface area contributed by atoms with Crippen LogP contribution in [0.3, 0.4) is 0 Å². The SMILES string of the molecule is CC(=O)c1ccc(NS(=O)[O-])cc1. The van der Waals surface area contributed by atoms with Crippen LogP contribution in [0.2, 0.25) is 0 Å². The van der Waals surface area contributed by atoms with Crippen molar-refractivity contribution in [3.8, 4) is 0 Å². The van der Waals surface area contributed by atoms with Crippen molar-refractivity contribution in [2.45, 2.75) is 6.92 Å². The van der Waals surface area contributed by atoms with Gasteiger partial charge in [0, 0.05) is 22.5 Å². The summed E-state index contributed by atoms with van der Waals surface area (Å²) in [6.45, 7) is 1.45. The average Bonchev–Trinajstić information content (AvgIpc) is 2.04. The molecule has 0 bridgehead atoms. The first-order valence-corrected chi connectivity index (χ1v) is 4.64. The Morgan fingerprint density at radius 2 is 1.92 bits per heavy atom. The van der Waals surface area contributed by atoms with Crippen LogP contribution in [0, 0.1) is 0 Å². The minimum absolute atomic E-state index is 0.0465. The first-order chi connectivity index (χ1) is 6.09. The van der Waals surface area contributed by atoms with Gasteiger partial charge in [-0.25, -0.2) is 0 Å². The van der Waals surface area contributed by atoms with E-state index in [-0.39, 0.29) is 5.78 Å². The maximum atomic E-state index is 10.8. The van der Waals surface area contributed by atoms with Crippen LogP contribution in [0.25, 0.3) is 0 Å². The molecule has 0 aromatic heterocycles. The summed E-state index contributed by atoms with van der Waals surface area (Å²) < 4.78 is 22.6. The van der Waals surface area contributed by atoms with Gasteiger partial charge in [0.1, 0.15) is 0 Å². The third-order valence-electron chi connectivity index (χ3n) is 1.49. The molecular formula is C8H8NO3S-. The molecule has 1 unspecified atom stereocenters. The lowest BCUT2D eigenvalue weighted by Crippen LogP contribution is -2.02. The summed E-state index contributed by atoms with van der Waals surface area (Å²) in [4.78, 5) is 10.8. The third kappa shape index (κ3) is 2.96. The average molecular weight is 198 g/mol. The Hall–Kier alpha value is -1.20. The number of nitrogens with one attached hydrogen (secondary N) is 1. The molecule has 1 aromatic rings. The maximum absolute atomic E-state index is 10.8. The van der Waals surface area contributed by atoms with Crippen LogP contribution < -0.4 is 4.72 Å². The van der Waals surface area contributed by atoms with E-state index in [0.717, 1.165) is 0 Å². The van der Waals surface area contributed by atoms with Crippen LogP contribution in [0.5, 0.6) is 0 Å². The molecule has 1 atom stereocenters. The van der Waals surface area contributed by atoms with Crippen molar-refractivity contribution in [3.05, 3.63) is 29.8 Å². The molecule has 0 fully saturated rings. The van der Waals surface area contributed by atoms with E-state index in [2.05, 4.69) is 4.72 Å². The van der Waals surface area contributed by atoms with E-state index < -0.39 is 11.3 Å². The number of rotatable bonds is 3. The minimum Gasteiger partial charge on any atom is -0.755 e. The Labute approximate surface area is 78.4 Å². The lowest BCUT2D eigenvalue weighted by molar-refractivity contribution is 0.101. The van der Waals surface area contributed by atoms with Crippen molar-refractivity contribution in [3.63, 3.8) is 0 Å². The summed E-state index contributed by atoms with van der Waals surface area (Å²) in [6.07, 6.45) is 0. The Morgan fingerprint density at radius 1 is 1.38 bits per heavy atom. The lowest BCUT2D eigenvalue weighted by atomic mass is 10.1. The fraction of sp³-hybridized carbons (Fsp3) is 0.125. The van der Waals surface area contributed by atoms with E-state index in [9.17, 15) is 13.6 Å². The number of carbonyl (C=O) groups excluding carboxylic acids is 1. The van der Waals surface area contributed by atoms with Crippen LogP contribution in [0.4, 0.5) is 5.69 Å². The van der Waals surface area contributed by atoms with Gasteiger partial charge >= 0.3 is 0 Å². The molecule has 13 heavy (non-hydrogen) atoms. The van der Waals surface area contributed by atoms with Gasteiger partial charge in [-0.15, -0.1) is 0 Å². The van der Waals surface area contributed by atoms with Crippen molar-refractivity contribution in [1.29, 1.82) is 0 Å².